The molecule has 0 rings (SSSR count). The summed E-state index contributed by atoms with van der Waals surface area (Å²) in [7, 11) is 0. The second-order valence-electron chi connectivity index (χ2n) is 0.750. The first-order valence-electron chi connectivity index (χ1n) is 1.84. The molecular formula is C4MgO9. The first kappa shape index (κ1) is 29.4. The molecule has 0 N–H and O–H groups in total. The first-order valence-corrected chi connectivity index (χ1v) is 1.84. The topological polar surface area (TPSA) is 190 Å². The molecule has 14 heavy (non-hydrogen) atoms. The Balaban J connectivity index is -0.0000000270. The molecule has 9 nitrogen and oxygen atoms in total. The van der Waals surface area contributed by atoms with Gasteiger partial charge in [-0.3, -0.25) is 0 Å². The third-order valence-corrected chi connectivity index (χ3v) is 0. The molecule has 0 aromatic heterocycles. The fourth-order valence-corrected chi connectivity index (χ4v) is 0. The maximum atomic E-state index is 8.33. The van der Waals surface area contributed by atoms with Gasteiger partial charge in [0, 0.05) is 0 Å². The third-order valence-electron chi connectivity index (χ3n) is 0. The molecular weight excluding hydrogens is 216 g/mol. The summed E-state index contributed by atoms with van der Waals surface area (Å²) in [5.74, 6) is 0. The predicted octanol–water partition coefficient (Wildman–Crippen LogP) is -7.64. The Labute approximate surface area is 94.4 Å². The standard InChI is InChI=1S/3CH2O3.C.Mg/c3*2-1(3)4;;/h3*(H2,2,3,4);;/q;;;+4;+2/p-6. The van der Waals surface area contributed by atoms with Crippen molar-refractivity contribution >= 4 is 41.5 Å². The molecule has 72 valence electrons. The van der Waals surface area contributed by atoms with Crippen molar-refractivity contribution in [3.8, 4) is 0 Å². The summed E-state index contributed by atoms with van der Waals surface area (Å²) < 4.78 is 0. The normalized spacial score (nSPS) is 5.14. The van der Waals surface area contributed by atoms with Gasteiger partial charge in [-0.05, 0) is 18.5 Å². The van der Waals surface area contributed by atoms with Crippen LogP contribution in [-0.2, 0) is 0 Å². The fourth-order valence-electron chi connectivity index (χ4n) is 0. The van der Waals surface area contributed by atoms with Crippen LogP contribution in [0.4, 0.5) is 14.4 Å². The van der Waals surface area contributed by atoms with Crippen molar-refractivity contribution in [3.63, 3.8) is 0 Å². The molecule has 0 fully saturated rings. The summed E-state index contributed by atoms with van der Waals surface area (Å²) in [6.07, 6.45) is -7.00. The van der Waals surface area contributed by atoms with E-state index in [0.29, 0.717) is 0 Å². The molecule has 0 unspecified atom stereocenters. The molecule has 10 heteroatoms. The third kappa shape index (κ3) is 478. The number of carboxylic acid groups (broad SMARTS) is 6. The van der Waals surface area contributed by atoms with Gasteiger partial charge in [-0.2, -0.15) is 0 Å². The molecule has 0 atom stereocenters. The minimum atomic E-state index is -2.33. The van der Waals surface area contributed by atoms with E-state index >= 15 is 0 Å². The van der Waals surface area contributed by atoms with E-state index in [0.717, 1.165) is 0 Å². The van der Waals surface area contributed by atoms with Gasteiger partial charge in [-0.1, -0.05) is 0 Å². The van der Waals surface area contributed by atoms with E-state index in [-0.39, 0.29) is 30.5 Å². The van der Waals surface area contributed by atoms with Crippen LogP contribution in [0.15, 0.2) is 0 Å². The summed E-state index contributed by atoms with van der Waals surface area (Å²) in [6.45, 7) is 0. The summed E-state index contributed by atoms with van der Waals surface area (Å²) in [6, 6.07) is 0. The Morgan fingerprint density at radius 3 is 0.571 bits per heavy atom. The SMILES string of the molecule is O=C([O-])[O-].O=C([O-])[O-].O=C([O-])[O-].[C+4].[Mg+2]. The maximum absolute atomic E-state index is 8.33. The van der Waals surface area contributed by atoms with Gasteiger partial charge in [-0.15, -0.1) is 0 Å². The van der Waals surface area contributed by atoms with Crippen LogP contribution in [0.5, 0.6) is 0 Å². The average Bonchev–Trinajstić information content (AvgIpc) is 1.54. The van der Waals surface area contributed by atoms with E-state index in [1.165, 1.54) is 0 Å². The minimum Gasteiger partial charge on any atom is -0.652 e. The van der Waals surface area contributed by atoms with Crippen molar-refractivity contribution in [1.29, 1.82) is 0 Å². The first-order chi connectivity index (χ1) is 5.20. The van der Waals surface area contributed by atoms with Crippen LogP contribution in [-0.4, -0.2) is 41.5 Å². The van der Waals surface area contributed by atoms with E-state index in [9.17, 15) is 0 Å². The van der Waals surface area contributed by atoms with Crippen molar-refractivity contribution in [3.05, 3.63) is 7.43 Å². The molecule has 0 aromatic rings. The quantitative estimate of drug-likeness (QED) is 0.354. The predicted molar refractivity (Wildman–Crippen MR) is 25.2 cm³/mol. The Hall–Kier alpha value is -1.42. The monoisotopic (exact) mass is 216 g/mol. The van der Waals surface area contributed by atoms with Gasteiger partial charge in [0.15, 0.2) is 0 Å². The van der Waals surface area contributed by atoms with Gasteiger partial charge in [0.1, 0.15) is 0 Å². The van der Waals surface area contributed by atoms with Crippen molar-refractivity contribution in [2.24, 2.45) is 0 Å². The van der Waals surface area contributed by atoms with E-state index in [1.807, 2.05) is 0 Å². The van der Waals surface area contributed by atoms with Gasteiger partial charge in [0.25, 0.3) is 0 Å². The minimum absolute atomic E-state index is 0. The van der Waals surface area contributed by atoms with Crippen LogP contribution in [0.1, 0.15) is 0 Å². The van der Waals surface area contributed by atoms with E-state index < -0.39 is 18.5 Å². The number of carbonyl (C=O) groups is 3. The Morgan fingerprint density at radius 1 is 0.571 bits per heavy atom. The van der Waals surface area contributed by atoms with Crippen LogP contribution in [0.25, 0.3) is 0 Å². The second-order valence-corrected chi connectivity index (χ2v) is 0.750. The molecule has 0 amide bonds. The van der Waals surface area contributed by atoms with Crippen molar-refractivity contribution in [2.45, 2.75) is 0 Å². The largest absolute Gasteiger partial charge is 4.00 e. The van der Waals surface area contributed by atoms with E-state index in [1.54, 1.807) is 0 Å². The van der Waals surface area contributed by atoms with Gasteiger partial charge >= 0.3 is 30.5 Å². The molecule has 0 aliphatic heterocycles. The van der Waals surface area contributed by atoms with Gasteiger partial charge in [0.05, 0.1) is 0 Å². The second kappa shape index (κ2) is 22.6. The molecule has 0 aliphatic carbocycles. The number of carbonyl (C=O) groups excluding carboxylic acids is 3. The Bertz CT molecular complexity index is 114. The molecule has 0 heterocycles. The number of hydrogen-bond acceptors (Lipinski definition) is 9. The van der Waals surface area contributed by atoms with Crippen LogP contribution in [0.2, 0.25) is 0 Å². The average molecular weight is 216 g/mol. The van der Waals surface area contributed by atoms with Crippen LogP contribution >= 0.6 is 0 Å². The molecule has 0 saturated carbocycles. The zero-order valence-electron chi connectivity index (χ0n) is 6.38. The van der Waals surface area contributed by atoms with E-state index in [4.69, 9.17) is 45.0 Å². The Kier molecular flexibility index (Phi) is 47.3. The van der Waals surface area contributed by atoms with Crippen molar-refractivity contribution in [2.75, 3.05) is 0 Å². The summed E-state index contributed by atoms with van der Waals surface area (Å²) >= 11 is 0. The molecule has 0 aromatic carbocycles. The van der Waals surface area contributed by atoms with Crippen LogP contribution in [0.3, 0.4) is 0 Å². The summed E-state index contributed by atoms with van der Waals surface area (Å²) in [5.41, 5.74) is 0. The van der Waals surface area contributed by atoms with Crippen LogP contribution in [0, 0.1) is 7.43 Å². The van der Waals surface area contributed by atoms with Crippen molar-refractivity contribution < 1.29 is 45.0 Å². The Morgan fingerprint density at radius 2 is 0.571 bits per heavy atom. The van der Waals surface area contributed by atoms with Crippen molar-refractivity contribution in [1.82, 2.24) is 0 Å². The van der Waals surface area contributed by atoms with Gasteiger partial charge in [-0.25, -0.2) is 0 Å². The smallest absolute Gasteiger partial charge is 0.652 e. The maximum Gasteiger partial charge on any atom is 4.00 e. The molecule has 0 bridgehead atoms. The van der Waals surface area contributed by atoms with Crippen LogP contribution < -0.4 is 30.6 Å². The summed E-state index contributed by atoms with van der Waals surface area (Å²) in [5, 5.41) is 50.0. The van der Waals surface area contributed by atoms with E-state index in [2.05, 4.69) is 0 Å². The zero-order valence-corrected chi connectivity index (χ0v) is 7.80. The molecule has 0 saturated heterocycles. The number of hydrogen-bond donors (Lipinski definition) is 0. The van der Waals surface area contributed by atoms with Gasteiger partial charge in [0.2, 0.25) is 0 Å². The molecule has 0 radical (unpaired) electrons. The number of rotatable bonds is 0. The molecule has 0 spiro atoms. The zero-order chi connectivity index (χ0) is 10.7. The summed E-state index contributed by atoms with van der Waals surface area (Å²) in [4.78, 5) is 25.0. The van der Waals surface area contributed by atoms with Gasteiger partial charge < -0.3 is 45.0 Å². The molecule has 0 aliphatic rings. The fraction of sp³-hybridized carbons (Fsp3) is 0.